The Morgan fingerprint density at radius 2 is 1.90 bits per heavy atom. The normalized spacial score (nSPS) is 28.6. The highest BCUT2D eigenvalue weighted by molar-refractivity contribution is 6.05. The first-order valence-electron chi connectivity index (χ1n) is 6.75. The summed E-state index contributed by atoms with van der Waals surface area (Å²) in [6.45, 7) is 2.28. The molecule has 3 heterocycles. The smallest absolute Gasteiger partial charge is 0.322 e. The Kier molecular flexibility index (Phi) is 3.35. The van der Waals surface area contributed by atoms with Crippen LogP contribution in [0.1, 0.15) is 19.3 Å². The lowest BCUT2D eigenvalue weighted by molar-refractivity contribution is -0.187. The maximum atomic E-state index is 12.1. The van der Waals surface area contributed by atoms with Gasteiger partial charge in [-0.1, -0.05) is 0 Å². The van der Waals surface area contributed by atoms with Crippen molar-refractivity contribution in [3.8, 4) is 0 Å². The predicted octanol–water partition coefficient (Wildman–Crippen LogP) is -1.05. The molecule has 1 unspecified atom stereocenters. The van der Waals surface area contributed by atoms with Crippen LogP contribution in [-0.4, -0.2) is 60.9 Å². The van der Waals surface area contributed by atoms with Crippen molar-refractivity contribution in [2.75, 3.05) is 26.3 Å². The molecule has 3 aliphatic heterocycles. The van der Waals surface area contributed by atoms with Gasteiger partial charge in [0.2, 0.25) is 5.91 Å². The van der Waals surface area contributed by atoms with Crippen LogP contribution < -0.4 is 10.6 Å². The average molecular weight is 283 g/mol. The fraction of sp³-hybridized carbons (Fsp3) is 0.750. The number of nitrogens with one attached hydrogen (secondary N) is 2. The highest BCUT2D eigenvalue weighted by Crippen LogP contribution is 2.31. The van der Waals surface area contributed by atoms with Gasteiger partial charge >= 0.3 is 6.03 Å². The van der Waals surface area contributed by atoms with E-state index >= 15 is 0 Å². The van der Waals surface area contributed by atoms with E-state index in [1.54, 1.807) is 4.90 Å². The minimum Gasteiger partial charge on any atom is -0.347 e. The number of amides is 4. The molecule has 1 atom stereocenters. The third kappa shape index (κ3) is 2.48. The van der Waals surface area contributed by atoms with E-state index in [0.717, 1.165) is 0 Å². The van der Waals surface area contributed by atoms with Crippen LogP contribution in [0.5, 0.6) is 0 Å². The first kappa shape index (κ1) is 13.3. The number of likely N-dealkylation sites (tertiary alicyclic amines) is 1. The van der Waals surface area contributed by atoms with Crippen molar-refractivity contribution in [3.63, 3.8) is 0 Å². The third-order valence-corrected chi connectivity index (χ3v) is 3.93. The molecule has 1 spiro atoms. The fourth-order valence-electron chi connectivity index (χ4n) is 2.79. The molecule has 0 radical (unpaired) electrons. The second kappa shape index (κ2) is 5.02. The number of carbonyl (C=O) groups is 3. The fourth-order valence-corrected chi connectivity index (χ4v) is 2.79. The number of nitrogens with zero attached hydrogens (tertiary/aromatic N) is 1. The Morgan fingerprint density at radius 3 is 2.45 bits per heavy atom. The number of piperidine rings is 1. The molecule has 110 valence electrons. The molecule has 8 nitrogen and oxygen atoms in total. The van der Waals surface area contributed by atoms with Crippen LogP contribution in [0.15, 0.2) is 0 Å². The molecule has 3 rings (SSSR count). The van der Waals surface area contributed by atoms with Crippen molar-refractivity contribution in [1.29, 1.82) is 0 Å². The van der Waals surface area contributed by atoms with E-state index in [4.69, 9.17) is 9.47 Å². The average Bonchev–Trinajstić information content (AvgIpc) is 2.98. The Hall–Kier alpha value is -1.67. The van der Waals surface area contributed by atoms with Gasteiger partial charge < -0.3 is 19.7 Å². The van der Waals surface area contributed by atoms with E-state index in [0.29, 0.717) is 39.1 Å². The van der Waals surface area contributed by atoms with E-state index in [9.17, 15) is 14.4 Å². The molecule has 3 fully saturated rings. The molecule has 0 aliphatic carbocycles. The van der Waals surface area contributed by atoms with Crippen LogP contribution in [0.2, 0.25) is 0 Å². The quantitative estimate of drug-likeness (QED) is 0.630. The minimum atomic E-state index is -0.759. The van der Waals surface area contributed by atoms with Crippen LogP contribution in [0.4, 0.5) is 4.79 Å². The SMILES string of the molecule is O=C1NC(=O)C(CC(=O)N2CCC3(CC2)OCCO3)N1. The number of urea groups is 1. The van der Waals surface area contributed by atoms with E-state index in [1.807, 2.05) is 0 Å². The van der Waals surface area contributed by atoms with E-state index in [-0.39, 0.29) is 12.3 Å². The Labute approximate surface area is 115 Å². The molecule has 3 aliphatic rings. The molecule has 0 aromatic carbocycles. The number of imide groups is 1. The van der Waals surface area contributed by atoms with Crippen molar-refractivity contribution in [2.24, 2.45) is 0 Å². The van der Waals surface area contributed by atoms with Crippen molar-refractivity contribution in [3.05, 3.63) is 0 Å². The first-order valence-corrected chi connectivity index (χ1v) is 6.75. The molecule has 2 N–H and O–H groups in total. The topological polar surface area (TPSA) is 97.0 Å². The molecule has 4 amide bonds. The van der Waals surface area contributed by atoms with Gasteiger partial charge in [-0.25, -0.2) is 4.79 Å². The van der Waals surface area contributed by atoms with Gasteiger partial charge in [-0.05, 0) is 0 Å². The number of ether oxygens (including phenoxy) is 2. The molecule has 0 aromatic heterocycles. The summed E-state index contributed by atoms with van der Waals surface area (Å²) in [6, 6.07) is -1.30. The van der Waals surface area contributed by atoms with Gasteiger partial charge in [0.15, 0.2) is 5.79 Å². The van der Waals surface area contributed by atoms with Gasteiger partial charge in [0.1, 0.15) is 6.04 Å². The standard InChI is InChI=1S/C12H17N3O5/c16-9(7-8-10(17)14-11(18)13-8)15-3-1-12(2-4-15)19-5-6-20-12/h8H,1-7H2,(H2,13,14,17,18). The van der Waals surface area contributed by atoms with Crippen LogP contribution in [0.25, 0.3) is 0 Å². The summed E-state index contributed by atoms with van der Waals surface area (Å²) in [4.78, 5) is 36.2. The summed E-state index contributed by atoms with van der Waals surface area (Å²) < 4.78 is 11.2. The van der Waals surface area contributed by atoms with Gasteiger partial charge in [-0.2, -0.15) is 0 Å². The molecule has 0 saturated carbocycles. The second-order valence-corrected chi connectivity index (χ2v) is 5.21. The summed E-state index contributed by atoms with van der Waals surface area (Å²) in [5.74, 6) is -1.10. The van der Waals surface area contributed by atoms with Gasteiger partial charge in [-0.15, -0.1) is 0 Å². The van der Waals surface area contributed by atoms with Crippen LogP contribution in [-0.2, 0) is 19.1 Å². The molecular formula is C12H17N3O5. The zero-order valence-corrected chi connectivity index (χ0v) is 11.0. The molecule has 0 bridgehead atoms. The van der Waals surface area contributed by atoms with E-state index in [1.165, 1.54) is 0 Å². The monoisotopic (exact) mass is 283 g/mol. The first-order chi connectivity index (χ1) is 9.58. The predicted molar refractivity (Wildman–Crippen MR) is 65.5 cm³/mol. The van der Waals surface area contributed by atoms with Crippen molar-refractivity contribution >= 4 is 17.8 Å². The number of rotatable bonds is 2. The molecule has 0 aromatic rings. The van der Waals surface area contributed by atoms with Crippen molar-refractivity contribution < 1.29 is 23.9 Å². The van der Waals surface area contributed by atoms with E-state index in [2.05, 4.69) is 10.6 Å². The summed E-state index contributed by atoms with van der Waals surface area (Å²) >= 11 is 0. The van der Waals surface area contributed by atoms with Crippen LogP contribution in [0, 0.1) is 0 Å². The Bertz CT molecular complexity index is 436. The molecular weight excluding hydrogens is 266 g/mol. The maximum absolute atomic E-state index is 12.1. The molecule has 20 heavy (non-hydrogen) atoms. The van der Waals surface area contributed by atoms with Gasteiger partial charge in [0.05, 0.1) is 19.6 Å². The zero-order valence-electron chi connectivity index (χ0n) is 11.0. The summed E-state index contributed by atoms with van der Waals surface area (Å²) in [5, 5.41) is 4.54. The number of hydrogen-bond acceptors (Lipinski definition) is 5. The molecule has 3 saturated heterocycles. The third-order valence-electron chi connectivity index (χ3n) is 3.93. The highest BCUT2D eigenvalue weighted by atomic mass is 16.7. The van der Waals surface area contributed by atoms with Gasteiger partial charge in [0, 0.05) is 25.9 Å². The van der Waals surface area contributed by atoms with Gasteiger partial charge in [-0.3, -0.25) is 14.9 Å². The minimum absolute atomic E-state index is 0.00765. The summed E-state index contributed by atoms with van der Waals surface area (Å²) in [6.07, 6.45) is 1.27. The van der Waals surface area contributed by atoms with E-state index < -0.39 is 23.8 Å². The lowest BCUT2D eigenvalue weighted by Crippen LogP contribution is -2.48. The zero-order chi connectivity index (χ0) is 14.2. The lowest BCUT2D eigenvalue weighted by atomic mass is 10.0. The summed E-state index contributed by atoms with van der Waals surface area (Å²) in [5.41, 5.74) is 0. The summed E-state index contributed by atoms with van der Waals surface area (Å²) in [7, 11) is 0. The molecule has 8 heteroatoms. The number of hydrogen-bond donors (Lipinski definition) is 2. The Balaban J connectivity index is 1.51. The van der Waals surface area contributed by atoms with Crippen LogP contribution >= 0.6 is 0 Å². The lowest BCUT2D eigenvalue weighted by Gasteiger charge is -2.37. The van der Waals surface area contributed by atoms with Gasteiger partial charge in [0.25, 0.3) is 5.91 Å². The number of carbonyl (C=O) groups excluding carboxylic acids is 3. The van der Waals surface area contributed by atoms with Crippen molar-refractivity contribution in [2.45, 2.75) is 31.1 Å². The Morgan fingerprint density at radius 1 is 1.25 bits per heavy atom. The highest BCUT2D eigenvalue weighted by Gasteiger charge is 2.41. The maximum Gasteiger partial charge on any atom is 0.322 e. The van der Waals surface area contributed by atoms with Crippen LogP contribution in [0.3, 0.4) is 0 Å². The second-order valence-electron chi connectivity index (χ2n) is 5.21. The largest absolute Gasteiger partial charge is 0.347 e. The van der Waals surface area contributed by atoms with Crippen molar-refractivity contribution in [1.82, 2.24) is 15.5 Å².